The Morgan fingerprint density at radius 3 is 3.00 bits per heavy atom. The maximum Gasteiger partial charge on any atom is 0.256 e. The first-order valence-electron chi connectivity index (χ1n) is 5.39. The molecule has 0 unspecified atom stereocenters. The number of amides is 1. The molecule has 5 nitrogen and oxygen atoms in total. The van der Waals surface area contributed by atoms with E-state index in [4.69, 9.17) is 5.11 Å². The second kappa shape index (κ2) is 7.92. The highest BCUT2D eigenvalue weighted by molar-refractivity contribution is 7.99. The lowest BCUT2D eigenvalue weighted by Crippen LogP contribution is -2.30. The number of aromatic amines is 1. The third-order valence-corrected chi connectivity index (χ3v) is 3.12. The number of pyridine rings is 1. The van der Waals surface area contributed by atoms with Crippen LogP contribution in [0.25, 0.3) is 0 Å². The van der Waals surface area contributed by atoms with Crippen molar-refractivity contribution in [2.24, 2.45) is 0 Å². The molecule has 17 heavy (non-hydrogen) atoms. The largest absolute Gasteiger partial charge is 0.396 e. The summed E-state index contributed by atoms with van der Waals surface area (Å²) in [6.45, 7) is 0.710. The minimum absolute atomic E-state index is 0.132. The number of thioether (sulfide) groups is 1. The topological polar surface area (TPSA) is 82.2 Å². The molecule has 94 valence electrons. The summed E-state index contributed by atoms with van der Waals surface area (Å²) in [7, 11) is 0. The van der Waals surface area contributed by atoms with Gasteiger partial charge in [0.25, 0.3) is 5.91 Å². The Hall–Kier alpha value is -1.27. The van der Waals surface area contributed by atoms with E-state index in [2.05, 4.69) is 10.3 Å². The number of aliphatic hydroxyl groups is 1. The van der Waals surface area contributed by atoms with Gasteiger partial charge in [0.2, 0.25) is 0 Å². The van der Waals surface area contributed by atoms with Crippen molar-refractivity contribution in [2.75, 3.05) is 24.7 Å². The average molecular weight is 256 g/mol. The summed E-state index contributed by atoms with van der Waals surface area (Å²) in [5.41, 5.74) is -0.151. The lowest BCUT2D eigenvalue weighted by Gasteiger charge is -2.04. The molecule has 0 fully saturated rings. The van der Waals surface area contributed by atoms with Crippen LogP contribution in [0.4, 0.5) is 0 Å². The van der Waals surface area contributed by atoms with Crippen molar-refractivity contribution in [2.45, 2.75) is 6.42 Å². The van der Waals surface area contributed by atoms with Crippen molar-refractivity contribution in [3.8, 4) is 0 Å². The summed E-state index contributed by atoms with van der Waals surface area (Å²) >= 11 is 1.66. The van der Waals surface area contributed by atoms with Crippen LogP contribution in [0, 0.1) is 0 Å². The van der Waals surface area contributed by atoms with Gasteiger partial charge in [0.1, 0.15) is 5.56 Å². The van der Waals surface area contributed by atoms with Crippen LogP contribution in [-0.2, 0) is 0 Å². The molecule has 0 radical (unpaired) electrons. The Morgan fingerprint density at radius 2 is 2.29 bits per heavy atom. The minimum Gasteiger partial charge on any atom is -0.396 e. The summed E-state index contributed by atoms with van der Waals surface area (Å²) in [5.74, 6) is 1.30. The standard InChI is InChI=1S/C11H16N2O3S/c14-5-1-6-17-7-4-13-11(16)9-8-12-3-2-10(9)15/h2-3,8,14H,1,4-7H2,(H,12,15)(H,13,16). The van der Waals surface area contributed by atoms with Crippen molar-refractivity contribution in [3.63, 3.8) is 0 Å². The smallest absolute Gasteiger partial charge is 0.256 e. The maximum atomic E-state index is 11.6. The molecular weight excluding hydrogens is 240 g/mol. The third-order valence-electron chi connectivity index (χ3n) is 2.05. The predicted octanol–water partition coefficient (Wildman–Crippen LogP) is 0.220. The molecule has 0 aliphatic rings. The third kappa shape index (κ3) is 5.06. The molecule has 6 heteroatoms. The molecule has 0 aromatic carbocycles. The summed E-state index contributed by atoms with van der Waals surface area (Å²) in [6.07, 6.45) is 3.65. The van der Waals surface area contributed by atoms with E-state index >= 15 is 0 Å². The van der Waals surface area contributed by atoms with E-state index in [-0.39, 0.29) is 23.5 Å². The van der Waals surface area contributed by atoms with E-state index in [1.54, 1.807) is 11.8 Å². The van der Waals surface area contributed by atoms with Crippen LogP contribution in [0.15, 0.2) is 23.3 Å². The Morgan fingerprint density at radius 1 is 1.47 bits per heavy atom. The van der Waals surface area contributed by atoms with Gasteiger partial charge in [-0.25, -0.2) is 0 Å². The van der Waals surface area contributed by atoms with Gasteiger partial charge in [0, 0.05) is 37.4 Å². The van der Waals surface area contributed by atoms with Gasteiger partial charge in [-0.2, -0.15) is 11.8 Å². The van der Waals surface area contributed by atoms with Crippen molar-refractivity contribution >= 4 is 17.7 Å². The van der Waals surface area contributed by atoms with Crippen LogP contribution in [0.2, 0.25) is 0 Å². The van der Waals surface area contributed by atoms with E-state index in [0.29, 0.717) is 6.54 Å². The fourth-order valence-electron chi connectivity index (χ4n) is 1.19. The molecule has 0 saturated heterocycles. The number of aromatic nitrogens is 1. The Kier molecular flexibility index (Phi) is 6.42. The van der Waals surface area contributed by atoms with Crippen LogP contribution in [-0.4, -0.2) is 40.7 Å². The summed E-state index contributed by atoms with van der Waals surface area (Å²) in [5, 5.41) is 11.2. The normalized spacial score (nSPS) is 10.2. The van der Waals surface area contributed by atoms with Crippen molar-refractivity contribution in [1.82, 2.24) is 10.3 Å². The first-order chi connectivity index (χ1) is 8.25. The number of hydrogen-bond donors (Lipinski definition) is 3. The quantitative estimate of drug-likeness (QED) is 0.610. The monoisotopic (exact) mass is 256 g/mol. The molecule has 0 atom stereocenters. The minimum atomic E-state index is -0.352. The highest BCUT2D eigenvalue weighted by Crippen LogP contribution is 2.00. The molecule has 0 bridgehead atoms. The van der Waals surface area contributed by atoms with Gasteiger partial charge < -0.3 is 15.4 Å². The second-order valence-corrected chi connectivity index (χ2v) is 4.59. The lowest BCUT2D eigenvalue weighted by atomic mass is 10.2. The molecule has 0 spiro atoms. The van der Waals surface area contributed by atoms with Crippen LogP contribution >= 0.6 is 11.8 Å². The number of H-pyrrole nitrogens is 1. The van der Waals surface area contributed by atoms with Gasteiger partial charge in [-0.15, -0.1) is 0 Å². The van der Waals surface area contributed by atoms with Gasteiger partial charge in [-0.3, -0.25) is 9.59 Å². The molecule has 0 aliphatic heterocycles. The Bertz CT molecular complexity index is 406. The van der Waals surface area contributed by atoms with E-state index < -0.39 is 0 Å². The van der Waals surface area contributed by atoms with Crippen molar-refractivity contribution < 1.29 is 9.90 Å². The number of aliphatic hydroxyl groups excluding tert-OH is 1. The summed E-state index contributed by atoms with van der Waals surface area (Å²) < 4.78 is 0. The Balaban J connectivity index is 2.26. The number of carbonyl (C=O) groups excluding carboxylic acids is 1. The molecule has 1 amide bonds. The van der Waals surface area contributed by atoms with E-state index in [9.17, 15) is 9.59 Å². The zero-order valence-corrected chi connectivity index (χ0v) is 10.3. The second-order valence-electron chi connectivity index (χ2n) is 3.37. The van der Waals surface area contributed by atoms with Crippen LogP contribution in [0.3, 0.4) is 0 Å². The molecule has 1 rings (SSSR count). The SMILES string of the molecule is O=C(NCCSCCCO)c1c[nH]ccc1=O. The van der Waals surface area contributed by atoms with Crippen LogP contribution in [0.1, 0.15) is 16.8 Å². The molecule has 0 aliphatic carbocycles. The average Bonchev–Trinajstić information content (AvgIpc) is 2.34. The van der Waals surface area contributed by atoms with Gasteiger partial charge >= 0.3 is 0 Å². The molecule has 0 saturated carbocycles. The van der Waals surface area contributed by atoms with Gasteiger partial charge in [0.15, 0.2) is 5.43 Å². The number of nitrogens with one attached hydrogen (secondary N) is 2. The van der Waals surface area contributed by atoms with Crippen molar-refractivity contribution in [1.29, 1.82) is 0 Å². The first kappa shape index (κ1) is 13.8. The summed E-state index contributed by atoms with van der Waals surface area (Å²) in [4.78, 5) is 25.6. The lowest BCUT2D eigenvalue weighted by molar-refractivity contribution is 0.0954. The highest BCUT2D eigenvalue weighted by Gasteiger charge is 2.07. The zero-order chi connectivity index (χ0) is 12.5. The fourth-order valence-corrected chi connectivity index (χ4v) is 1.98. The Labute approximate surface area is 104 Å². The van der Waals surface area contributed by atoms with Gasteiger partial charge in [0.05, 0.1) is 0 Å². The number of carbonyl (C=O) groups is 1. The van der Waals surface area contributed by atoms with E-state index in [1.807, 2.05) is 0 Å². The van der Waals surface area contributed by atoms with Crippen molar-refractivity contribution in [3.05, 3.63) is 34.2 Å². The molecule has 1 aromatic rings. The molecule has 1 aromatic heterocycles. The van der Waals surface area contributed by atoms with Gasteiger partial charge in [-0.1, -0.05) is 0 Å². The van der Waals surface area contributed by atoms with E-state index in [1.165, 1.54) is 18.5 Å². The van der Waals surface area contributed by atoms with Crippen LogP contribution < -0.4 is 10.7 Å². The summed E-state index contributed by atoms with van der Waals surface area (Å²) in [6, 6.07) is 1.32. The van der Waals surface area contributed by atoms with E-state index in [0.717, 1.165) is 17.9 Å². The first-order valence-corrected chi connectivity index (χ1v) is 6.55. The molecule has 3 N–H and O–H groups in total. The zero-order valence-electron chi connectivity index (χ0n) is 9.44. The maximum absolute atomic E-state index is 11.6. The predicted molar refractivity (Wildman–Crippen MR) is 68.4 cm³/mol. The molecule has 1 heterocycles. The van der Waals surface area contributed by atoms with Crippen LogP contribution in [0.5, 0.6) is 0 Å². The van der Waals surface area contributed by atoms with Gasteiger partial charge in [-0.05, 0) is 12.2 Å². The molecular formula is C11H16N2O3S. The fraction of sp³-hybridized carbons (Fsp3) is 0.455. The number of rotatable bonds is 7. The highest BCUT2D eigenvalue weighted by atomic mass is 32.2. The number of hydrogen-bond acceptors (Lipinski definition) is 4.